The van der Waals surface area contributed by atoms with Crippen LogP contribution in [0.3, 0.4) is 0 Å². The van der Waals surface area contributed by atoms with Gasteiger partial charge in [-0.15, -0.1) is 12.6 Å². The maximum Gasteiger partial charge on any atom is 0.252 e. The third-order valence-corrected chi connectivity index (χ3v) is 4.14. The zero-order valence-corrected chi connectivity index (χ0v) is 13.1. The predicted molar refractivity (Wildman–Crippen MR) is 78.9 cm³/mol. The molecule has 0 aromatic heterocycles. The van der Waals surface area contributed by atoms with E-state index in [2.05, 4.69) is 33.9 Å². The van der Waals surface area contributed by atoms with Crippen molar-refractivity contribution in [3.8, 4) is 0 Å². The van der Waals surface area contributed by atoms with Gasteiger partial charge in [0.1, 0.15) is 5.60 Å². The first-order valence-corrected chi connectivity index (χ1v) is 7.20. The molecule has 1 fully saturated rings. The van der Waals surface area contributed by atoms with Crippen molar-refractivity contribution in [2.45, 2.75) is 16.9 Å². The van der Waals surface area contributed by atoms with E-state index in [9.17, 15) is 4.79 Å². The molecule has 1 amide bonds. The Balaban J connectivity index is 2.01. The maximum atomic E-state index is 12.1. The van der Waals surface area contributed by atoms with Gasteiger partial charge in [0, 0.05) is 36.1 Å². The Hall–Kier alpha value is -0.560. The lowest BCUT2D eigenvalue weighted by atomic mass is 10.0. The van der Waals surface area contributed by atoms with E-state index in [4.69, 9.17) is 9.47 Å². The van der Waals surface area contributed by atoms with Crippen LogP contribution in [-0.2, 0) is 9.47 Å². The highest BCUT2D eigenvalue weighted by Crippen LogP contribution is 2.23. The summed E-state index contributed by atoms with van der Waals surface area (Å²) in [6.45, 7) is 1.61. The molecule has 0 radical (unpaired) electrons. The number of thiol groups is 1. The average molecular weight is 346 g/mol. The average Bonchev–Trinajstić information content (AvgIpc) is 2.85. The van der Waals surface area contributed by atoms with Gasteiger partial charge in [-0.3, -0.25) is 4.79 Å². The summed E-state index contributed by atoms with van der Waals surface area (Å²) in [4.78, 5) is 12.8. The van der Waals surface area contributed by atoms with Crippen molar-refractivity contribution in [3.05, 3.63) is 28.2 Å². The number of ether oxygens (including phenoxy) is 2. The molecule has 19 heavy (non-hydrogen) atoms. The number of carbonyl (C=O) groups is 1. The summed E-state index contributed by atoms with van der Waals surface area (Å²) < 4.78 is 11.7. The van der Waals surface area contributed by atoms with Crippen LogP contribution in [0.2, 0.25) is 0 Å². The number of nitrogens with one attached hydrogen (secondary N) is 1. The number of hydrogen-bond acceptors (Lipinski definition) is 4. The van der Waals surface area contributed by atoms with Crippen molar-refractivity contribution >= 4 is 34.5 Å². The standard InChI is InChI=1S/C13H16BrNO3S/c1-17-13(4-5-18-8-13)7-15-12(16)10-3-2-9(14)6-11(10)19/h2-3,6,19H,4-5,7-8H2,1H3,(H,15,16). The zero-order chi connectivity index (χ0) is 13.9. The van der Waals surface area contributed by atoms with Crippen LogP contribution >= 0.6 is 28.6 Å². The largest absolute Gasteiger partial charge is 0.378 e. The second kappa shape index (κ2) is 6.26. The van der Waals surface area contributed by atoms with Gasteiger partial charge in [-0.1, -0.05) is 15.9 Å². The highest BCUT2D eigenvalue weighted by Gasteiger charge is 2.35. The van der Waals surface area contributed by atoms with Crippen molar-refractivity contribution in [1.82, 2.24) is 5.32 Å². The molecule has 1 aliphatic rings. The second-order valence-electron chi connectivity index (χ2n) is 4.53. The smallest absolute Gasteiger partial charge is 0.252 e. The quantitative estimate of drug-likeness (QED) is 0.823. The molecule has 0 aliphatic carbocycles. The minimum absolute atomic E-state index is 0.152. The lowest BCUT2D eigenvalue weighted by Gasteiger charge is -2.26. The first kappa shape index (κ1) is 14.8. The molecule has 0 saturated carbocycles. The Morgan fingerprint density at radius 2 is 2.42 bits per heavy atom. The van der Waals surface area contributed by atoms with Crippen LogP contribution in [-0.4, -0.2) is 38.4 Å². The molecule has 1 N–H and O–H groups in total. The molecule has 2 rings (SSSR count). The van der Waals surface area contributed by atoms with Crippen molar-refractivity contribution in [2.24, 2.45) is 0 Å². The van der Waals surface area contributed by atoms with E-state index in [-0.39, 0.29) is 5.91 Å². The minimum Gasteiger partial charge on any atom is -0.378 e. The van der Waals surface area contributed by atoms with Gasteiger partial charge in [-0.25, -0.2) is 0 Å². The zero-order valence-electron chi connectivity index (χ0n) is 10.6. The first-order chi connectivity index (χ1) is 9.06. The van der Waals surface area contributed by atoms with Gasteiger partial charge in [-0.2, -0.15) is 0 Å². The van der Waals surface area contributed by atoms with Crippen molar-refractivity contribution < 1.29 is 14.3 Å². The third-order valence-electron chi connectivity index (χ3n) is 3.28. The fourth-order valence-electron chi connectivity index (χ4n) is 1.99. The SMILES string of the molecule is COC1(CNC(=O)c2ccc(Br)cc2S)CCOC1. The number of rotatable bonds is 4. The molecule has 4 nitrogen and oxygen atoms in total. The van der Waals surface area contributed by atoms with Crippen molar-refractivity contribution in [3.63, 3.8) is 0 Å². The van der Waals surface area contributed by atoms with E-state index in [0.717, 1.165) is 10.9 Å². The van der Waals surface area contributed by atoms with Crippen molar-refractivity contribution in [1.29, 1.82) is 0 Å². The summed E-state index contributed by atoms with van der Waals surface area (Å²) >= 11 is 7.65. The van der Waals surface area contributed by atoms with Crippen LogP contribution in [0, 0.1) is 0 Å². The summed E-state index contributed by atoms with van der Waals surface area (Å²) in [5.41, 5.74) is 0.151. The van der Waals surface area contributed by atoms with E-state index < -0.39 is 5.60 Å². The molecule has 1 atom stereocenters. The topological polar surface area (TPSA) is 47.6 Å². The molecule has 104 valence electrons. The monoisotopic (exact) mass is 345 g/mol. The Labute approximate surface area is 126 Å². The highest BCUT2D eigenvalue weighted by atomic mass is 79.9. The molecule has 1 unspecified atom stereocenters. The van der Waals surface area contributed by atoms with Crippen LogP contribution < -0.4 is 5.32 Å². The van der Waals surface area contributed by atoms with Crippen LogP contribution in [0.5, 0.6) is 0 Å². The summed E-state index contributed by atoms with van der Waals surface area (Å²) in [6, 6.07) is 5.36. The van der Waals surface area contributed by atoms with Gasteiger partial charge in [-0.05, 0) is 18.2 Å². The van der Waals surface area contributed by atoms with Crippen LogP contribution in [0.4, 0.5) is 0 Å². The number of amides is 1. The number of benzene rings is 1. The number of methoxy groups -OCH3 is 1. The number of hydrogen-bond donors (Lipinski definition) is 2. The third kappa shape index (κ3) is 3.51. The molecule has 1 aromatic carbocycles. The Morgan fingerprint density at radius 1 is 1.63 bits per heavy atom. The molecule has 6 heteroatoms. The van der Waals surface area contributed by atoms with Gasteiger partial charge >= 0.3 is 0 Å². The van der Waals surface area contributed by atoms with E-state index in [1.807, 2.05) is 6.07 Å². The Kier molecular flexibility index (Phi) is 4.89. The molecule has 1 aliphatic heterocycles. The van der Waals surface area contributed by atoms with Gasteiger partial charge in [0.05, 0.1) is 12.2 Å². The lowest BCUT2D eigenvalue weighted by molar-refractivity contribution is -0.0148. The van der Waals surface area contributed by atoms with Gasteiger partial charge in [0.15, 0.2) is 0 Å². The van der Waals surface area contributed by atoms with Gasteiger partial charge in [0.2, 0.25) is 0 Å². The summed E-state index contributed by atoms with van der Waals surface area (Å²) in [5.74, 6) is -0.152. The highest BCUT2D eigenvalue weighted by molar-refractivity contribution is 9.10. The molecule has 0 spiro atoms. The van der Waals surface area contributed by atoms with Gasteiger partial charge in [0.25, 0.3) is 5.91 Å². The Bertz CT molecular complexity index is 475. The number of halogens is 1. The Morgan fingerprint density at radius 3 is 3.00 bits per heavy atom. The summed E-state index contributed by atoms with van der Waals surface area (Å²) in [7, 11) is 1.64. The normalized spacial score (nSPS) is 22.5. The second-order valence-corrected chi connectivity index (χ2v) is 5.93. The van der Waals surface area contributed by atoms with Crippen molar-refractivity contribution in [2.75, 3.05) is 26.9 Å². The maximum absolute atomic E-state index is 12.1. The summed E-state index contributed by atoms with van der Waals surface area (Å²) in [5, 5.41) is 2.88. The molecule has 1 saturated heterocycles. The lowest BCUT2D eigenvalue weighted by Crippen LogP contribution is -2.45. The number of carbonyl (C=O) groups excluding carboxylic acids is 1. The van der Waals surface area contributed by atoms with Crippen LogP contribution in [0.1, 0.15) is 16.8 Å². The predicted octanol–water partition coefficient (Wildman–Crippen LogP) is 2.27. The minimum atomic E-state index is -0.401. The van der Waals surface area contributed by atoms with E-state index in [1.165, 1.54) is 0 Å². The molecular formula is C13H16BrNO3S. The van der Waals surface area contributed by atoms with Gasteiger partial charge < -0.3 is 14.8 Å². The van der Waals surface area contributed by atoms with Crippen LogP contribution in [0.25, 0.3) is 0 Å². The van der Waals surface area contributed by atoms with E-state index >= 15 is 0 Å². The van der Waals surface area contributed by atoms with Crippen LogP contribution in [0.15, 0.2) is 27.6 Å². The molecular weight excluding hydrogens is 330 g/mol. The van der Waals surface area contributed by atoms with E-state index in [1.54, 1.807) is 19.2 Å². The van der Waals surface area contributed by atoms with E-state index in [0.29, 0.717) is 30.2 Å². The molecule has 1 heterocycles. The molecule has 1 aromatic rings. The summed E-state index contributed by atoms with van der Waals surface area (Å²) in [6.07, 6.45) is 0.790. The molecule has 0 bridgehead atoms. The fourth-order valence-corrected chi connectivity index (χ4v) is 2.85. The first-order valence-electron chi connectivity index (χ1n) is 5.96. The fraction of sp³-hybridized carbons (Fsp3) is 0.462.